The third-order valence-corrected chi connectivity index (χ3v) is 4.09. The first kappa shape index (κ1) is 14.1. The van der Waals surface area contributed by atoms with E-state index in [2.05, 4.69) is 17.4 Å². The molecule has 1 fully saturated rings. The number of carboxylic acids is 1. The van der Waals surface area contributed by atoms with Gasteiger partial charge in [-0.3, -0.25) is 4.79 Å². The van der Waals surface area contributed by atoms with Gasteiger partial charge in [-0.1, -0.05) is 30.3 Å². The van der Waals surface area contributed by atoms with Gasteiger partial charge in [0.2, 0.25) is 0 Å². The number of rotatable bonds is 6. The van der Waals surface area contributed by atoms with Crippen LogP contribution in [0.5, 0.6) is 0 Å². The minimum Gasteiger partial charge on any atom is -0.481 e. The Morgan fingerprint density at radius 3 is 2.58 bits per heavy atom. The highest BCUT2D eigenvalue weighted by Crippen LogP contribution is 2.26. The van der Waals surface area contributed by atoms with Crippen molar-refractivity contribution in [3.05, 3.63) is 35.9 Å². The molecule has 1 aliphatic heterocycles. The van der Waals surface area contributed by atoms with E-state index in [0.717, 1.165) is 45.2 Å². The van der Waals surface area contributed by atoms with E-state index in [1.165, 1.54) is 5.56 Å². The van der Waals surface area contributed by atoms with Crippen molar-refractivity contribution in [1.29, 1.82) is 0 Å². The third kappa shape index (κ3) is 4.35. The molecule has 2 rings (SSSR count). The molecule has 1 saturated heterocycles. The second-order valence-electron chi connectivity index (χ2n) is 5.41. The van der Waals surface area contributed by atoms with Gasteiger partial charge in [-0.05, 0) is 56.7 Å². The highest BCUT2D eigenvalue weighted by Gasteiger charge is 2.28. The summed E-state index contributed by atoms with van der Waals surface area (Å²) in [6.07, 6.45) is 4.75. The van der Waals surface area contributed by atoms with E-state index in [-0.39, 0.29) is 5.92 Å². The zero-order valence-corrected chi connectivity index (χ0v) is 11.3. The lowest BCUT2D eigenvalue weighted by atomic mass is 9.81. The zero-order chi connectivity index (χ0) is 13.5. The Kier molecular flexibility index (Phi) is 5.40. The number of aryl methyl sites for hydroxylation is 1. The maximum absolute atomic E-state index is 11.4. The average molecular weight is 261 g/mol. The molecule has 0 radical (unpaired) electrons. The fourth-order valence-corrected chi connectivity index (χ4v) is 2.98. The molecule has 0 amide bonds. The molecule has 2 N–H and O–H groups in total. The van der Waals surface area contributed by atoms with Crippen LogP contribution in [0.15, 0.2) is 30.3 Å². The summed E-state index contributed by atoms with van der Waals surface area (Å²) in [4.78, 5) is 11.4. The van der Waals surface area contributed by atoms with Crippen LogP contribution >= 0.6 is 0 Å². The molecule has 1 heterocycles. The third-order valence-electron chi connectivity index (χ3n) is 4.09. The predicted octanol–water partition coefficient (Wildman–Crippen LogP) is 2.71. The number of nitrogens with one attached hydrogen (secondary N) is 1. The summed E-state index contributed by atoms with van der Waals surface area (Å²) in [5.41, 5.74) is 1.30. The number of hydrogen-bond acceptors (Lipinski definition) is 2. The van der Waals surface area contributed by atoms with Crippen LogP contribution < -0.4 is 5.32 Å². The average Bonchev–Trinajstić information content (AvgIpc) is 2.45. The molecule has 0 spiro atoms. The molecule has 19 heavy (non-hydrogen) atoms. The molecule has 104 valence electrons. The number of benzene rings is 1. The summed E-state index contributed by atoms with van der Waals surface area (Å²) in [6.45, 7) is 1.93. The number of aliphatic carboxylic acids is 1. The number of hydrogen-bond donors (Lipinski definition) is 2. The summed E-state index contributed by atoms with van der Waals surface area (Å²) < 4.78 is 0. The highest BCUT2D eigenvalue weighted by molar-refractivity contribution is 5.70. The normalized spacial score (nSPS) is 18.1. The Labute approximate surface area is 115 Å². The zero-order valence-electron chi connectivity index (χ0n) is 11.3. The van der Waals surface area contributed by atoms with Crippen molar-refractivity contribution in [3.8, 4) is 0 Å². The fraction of sp³-hybridized carbons (Fsp3) is 0.562. The van der Waals surface area contributed by atoms with Crippen LogP contribution in [-0.4, -0.2) is 24.2 Å². The van der Waals surface area contributed by atoms with Crippen LogP contribution in [0.3, 0.4) is 0 Å². The van der Waals surface area contributed by atoms with E-state index in [0.29, 0.717) is 5.92 Å². The van der Waals surface area contributed by atoms with Crippen molar-refractivity contribution in [2.75, 3.05) is 13.1 Å². The summed E-state index contributed by atoms with van der Waals surface area (Å²) >= 11 is 0. The predicted molar refractivity (Wildman–Crippen MR) is 76.1 cm³/mol. The number of carboxylic acid groups (broad SMARTS) is 1. The molecule has 1 aliphatic rings. The minimum atomic E-state index is -0.611. The SMILES string of the molecule is O=C(O)C(CCCc1ccccc1)C1CCNCC1. The quantitative estimate of drug-likeness (QED) is 0.827. The standard InChI is InChI=1S/C16H23NO2/c18-16(19)15(14-9-11-17-12-10-14)8-4-7-13-5-2-1-3-6-13/h1-3,5-6,14-15,17H,4,7-12H2,(H,18,19). The molecule has 0 bridgehead atoms. The van der Waals surface area contributed by atoms with Crippen molar-refractivity contribution in [3.63, 3.8) is 0 Å². The van der Waals surface area contributed by atoms with Gasteiger partial charge < -0.3 is 10.4 Å². The Balaban J connectivity index is 1.82. The second-order valence-corrected chi connectivity index (χ2v) is 5.41. The first-order valence-corrected chi connectivity index (χ1v) is 7.25. The van der Waals surface area contributed by atoms with Gasteiger partial charge in [-0.2, -0.15) is 0 Å². The lowest BCUT2D eigenvalue weighted by molar-refractivity contribution is -0.144. The summed E-state index contributed by atoms with van der Waals surface area (Å²) in [6, 6.07) is 10.3. The fourth-order valence-electron chi connectivity index (χ4n) is 2.98. The Bertz CT molecular complexity index is 385. The van der Waals surface area contributed by atoms with E-state index in [1.807, 2.05) is 18.2 Å². The summed E-state index contributed by atoms with van der Waals surface area (Å²) in [5.74, 6) is -0.416. The molecule has 1 aromatic carbocycles. The van der Waals surface area contributed by atoms with Gasteiger partial charge in [0, 0.05) is 0 Å². The van der Waals surface area contributed by atoms with Crippen molar-refractivity contribution >= 4 is 5.97 Å². The molecule has 0 saturated carbocycles. The van der Waals surface area contributed by atoms with E-state index >= 15 is 0 Å². The Hall–Kier alpha value is -1.35. The summed E-state index contributed by atoms with van der Waals surface area (Å²) in [5, 5.41) is 12.7. The van der Waals surface area contributed by atoms with E-state index < -0.39 is 5.97 Å². The van der Waals surface area contributed by atoms with Crippen LogP contribution in [0.2, 0.25) is 0 Å². The molecule has 3 heteroatoms. The van der Waals surface area contributed by atoms with Gasteiger partial charge in [0.15, 0.2) is 0 Å². The monoisotopic (exact) mass is 261 g/mol. The Morgan fingerprint density at radius 2 is 1.95 bits per heavy atom. The first-order valence-electron chi connectivity index (χ1n) is 7.25. The van der Waals surface area contributed by atoms with Crippen molar-refractivity contribution < 1.29 is 9.90 Å². The summed E-state index contributed by atoms with van der Waals surface area (Å²) in [7, 11) is 0. The van der Waals surface area contributed by atoms with E-state index in [9.17, 15) is 9.90 Å². The maximum atomic E-state index is 11.4. The van der Waals surface area contributed by atoms with Gasteiger partial charge in [0.25, 0.3) is 0 Å². The molecule has 0 aromatic heterocycles. The lowest BCUT2D eigenvalue weighted by Crippen LogP contribution is -2.34. The van der Waals surface area contributed by atoms with Crippen LogP contribution in [0, 0.1) is 11.8 Å². The molecule has 1 unspecified atom stereocenters. The van der Waals surface area contributed by atoms with Crippen LogP contribution in [-0.2, 0) is 11.2 Å². The lowest BCUT2D eigenvalue weighted by Gasteiger charge is -2.28. The molecule has 1 atom stereocenters. The van der Waals surface area contributed by atoms with Crippen molar-refractivity contribution in [2.45, 2.75) is 32.1 Å². The maximum Gasteiger partial charge on any atom is 0.306 e. The van der Waals surface area contributed by atoms with Crippen LogP contribution in [0.4, 0.5) is 0 Å². The van der Waals surface area contributed by atoms with Gasteiger partial charge in [-0.15, -0.1) is 0 Å². The van der Waals surface area contributed by atoms with Gasteiger partial charge in [0.1, 0.15) is 0 Å². The molecule has 0 aliphatic carbocycles. The molecular weight excluding hydrogens is 238 g/mol. The van der Waals surface area contributed by atoms with Crippen molar-refractivity contribution in [1.82, 2.24) is 5.32 Å². The largest absolute Gasteiger partial charge is 0.481 e. The Morgan fingerprint density at radius 1 is 1.26 bits per heavy atom. The van der Waals surface area contributed by atoms with Gasteiger partial charge in [-0.25, -0.2) is 0 Å². The molecule has 3 nitrogen and oxygen atoms in total. The first-order chi connectivity index (χ1) is 9.27. The van der Waals surface area contributed by atoms with Crippen LogP contribution in [0.1, 0.15) is 31.2 Å². The smallest absolute Gasteiger partial charge is 0.306 e. The van der Waals surface area contributed by atoms with E-state index in [1.54, 1.807) is 0 Å². The minimum absolute atomic E-state index is 0.161. The highest BCUT2D eigenvalue weighted by atomic mass is 16.4. The van der Waals surface area contributed by atoms with Gasteiger partial charge in [0.05, 0.1) is 5.92 Å². The van der Waals surface area contributed by atoms with Gasteiger partial charge >= 0.3 is 5.97 Å². The number of piperidine rings is 1. The van der Waals surface area contributed by atoms with Crippen LogP contribution in [0.25, 0.3) is 0 Å². The van der Waals surface area contributed by atoms with E-state index in [4.69, 9.17) is 0 Å². The van der Waals surface area contributed by atoms with Crippen molar-refractivity contribution in [2.24, 2.45) is 11.8 Å². The topological polar surface area (TPSA) is 49.3 Å². The molecule has 1 aromatic rings. The molecular formula is C16H23NO2. The second kappa shape index (κ2) is 7.29. The number of carbonyl (C=O) groups is 1.